The van der Waals surface area contributed by atoms with Crippen molar-refractivity contribution in [2.24, 2.45) is 0 Å². The third kappa shape index (κ3) is 3.97. The summed E-state index contributed by atoms with van der Waals surface area (Å²) in [6, 6.07) is 7.95. The van der Waals surface area contributed by atoms with Crippen LogP contribution in [0.4, 0.5) is 18.9 Å². The highest BCUT2D eigenvalue weighted by Gasteiger charge is 2.30. The second-order valence-corrected chi connectivity index (χ2v) is 7.25. The number of alkyl halides is 3. The second kappa shape index (κ2) is 6.61. The van der Waals surface area contributed by atoms with Crippen LogP contribution in [0.3, 0.4) is 0 Å². The van der Waals surface area contributed by atoms with E-state index in [1.807, 2.05) is 0 Å². The van der Waals surface area contributed by atoms with E-state index in [-0.39, 0.29) is 10.7 Å². The molecule has 0 aliphatic rings. The van der Waals surface area contributed by atoms with Crippen LogP contribution >= 0.6 is 11.6 Å². The SMILES string of the molecule is O=S(=O)(Nc1ccc(Cl)cc1)c1cnn(-c2ccc(C(F)(F)F)cn2)c1. The van der Waals surface area contributed by atoms with Crippen molar-refractivity contribution in [1.82, 2.24) is 14.8 Å². The Morgan fingerprint density at radius 3 is 2.31 bits per heavy atom. The van der Waals surface area contributed by atoms with Gasteiger partial charge in [0, 0.05) is 16.9 Å². The average Bonchev–Trinajstić information content (AvgIpc) is 3.07. The molecule has 1 aromatic carbocycles. The molecule has 0 spiro atoms. The Morgan fingerprint density at radius 2 is 1.73 bits per heavy atom. The molecule has 0 aliphatic heterocycles. The van der Waals surface area contributed by atoms with Gasteiger partial charge in [0.15, 0.2) is 5.82 Å². The lowest BCUT2D eigenvalue weighted by Gasteiger charge is -2.07. The van der Waals surface area contributed by atoms with Gasteiger partial charge in [-0.05, 0) is 36.4 Å². The summed E-state index contributed by atoms with van der Waals surface area (Å²) < 4.78 is 65.8. The first-order valence-corrected chi connectivity index (χ1v) is 8.88. The van der Waals surface area contributed by atoms with Crippen molar-refractivity contribution in [2.45, 2.75) is 11.1 Å². The van der Waals surface area contributed by atoms with Gasteiger partial charge in [0.2, 0.25) is 0 Å². The van der Waals surface area contributed by atoms with Crippen LogP contribution in [0.1, 0.15) is 5.56 Å². The minimum absolute atomic E-state index is 0.0472. The van der Waals surface area contributed by atoms with E-state index in [9.17, 15) is 21.6 Å². The zero-order valence-corrected chi connectivity index (χ0v) is 14.3. The fourth-order valence-electron chi connectivity index (χ4n) is 1.99. The van der Waals surface area contributed by atoms with E-state index in [0.29, 0.717) is 16.9 Å². The summed E-state index contributed by atoms with van der Waals surface area (Å²) in [5, 5.41) is 4.29. The van der Waals surface area contributed by atoms with Crippen molar-refractivity contribution in [3.8, 4) is 5.82 Å². The Labute approximate surface area is 151 Å². The van der Waals surface area contributed by atoms with Gasteiger partial charge in [-0.1, -0.05) is 11.6 Å². The third-order valence-corrected chi connectivity index (χ3v) is 4.86. The molecule has 0 saturated carbocycles. The molecule has 6 nitrogen and oxygen atoms in total. The Hall–Kier alpha value is -2.59. The normalized spacial score (nSPS) is 12.2. The number of halogens is 4. The zero-order chi connectivity index (χ0) is 18.9. The summed E-state index contributed by atoms with van der Waals surface area (Å²) in [5.41, 5.74) is -0.611. The quantitative estimate of drug-likeness (QED) is 0.721. The Bertz CT molecular complexity index is 1020. The molecular weight excluding hydrogens is 393 g/mol. The molecule has 2 aromatic heterocycles. The summed E-state index contributed by atoms with van der Waals surface area (Å²) in [4.78, 5) is 3.48. The van der Waals surface area contributed by atoms with E-state index < -0.39 is 21.8 Å². The third-order valence-electron chi connectivity index (χ3n) is 3.28. The molecule has 0 atom stereocenters. The standard InChI is InChI=1S/C15H10ClF3N4O2S/c16-11-2-4-12(5-3-11)22-26(24,25)13-8-21-23(9-13)14-6-1-10(7-20-14)15(17,18)19/h1-9,22H. The highest BCUT2D eigenvalue weighted by atomic mass is 35.5. The van der Waals surface area contributed by atoms with E-state index >= 15 is 0 Å². The molecule has 0 aliphatic carbocycles. The van der Waals surface area contributed by atoms with E-state index in [4.69, 9.17) is 11.6 Å². The molecule has 11 heteroatoms. The molecule has 1 N–H and O–H groups in total. The van der Waals surface area contributed by atoms with Crippen molar-refractivity contribution in [3.63, 3.8) is 0 Å². The van der Waals surface area contributed by atoms with E-state index in [0.717, 1.165) is 29.2 Å². The maximum Gasteiger partial charge on any atom is 0.417 e. The number of aromatic nitrogens is 3. The average molecular weight is 403 g/mol. The van der Waals surface area contributed by atoms with Crippen LogP contribution in [0.25, 0.3) is 5.82 Å². The van der Waals surface area contributed by atoms with Crippen LogP contribution in [0.5, 0.6) is 0 Å². The summed E-state index contributed by atoms with van der Waals surface area (Å²) in [6.45, 7) is 0. The Morgan fingerprint density at radius 1 is 1.04 bits per heavy atom. The Kier molecular flexibility index (Phi) is 4.63. The lowest BCUT2D eigenvalue weighted by atomic mass is 10.3. The summed E-state index contributed by atoms with van der Waals surface area (Å²) >= 11 is 5.74. The number of hydrogen-bond acceptors (Lipinski definition) is 4. The maximum absolute atomic E-state index is 12.6. The molecule has 0 fully saturated rings. The van der Waals surface area contributed by atoms with Gasteiger partial charge < -0.3 is 0 Å². The van der Waals surface area contributed by atoms with Gasteiger partial charge in [0.25, 0.3) is 10.0 Å². The van der Waals surface area contributed by atoms with Crippen LogP contribution in [0, 0.1) is 0 Å². The van der Waals surface area contributed by atoms with E-state index in [2.05, 4.69) is 14.8 Å². The highest BCUT2D eigenvalue weighted by Crippen LogP contribution is 2.28. The highest BCUT2D eigenvalue weighted by molar-refractivity contribution is 7.92. The number of anilines is 1. The van der Waals surface area contributed by atoms with E-state index in [1.54, 1.807) is 0 Å². The molecule has 26 heavy (non-hydrogen) atoms. The molecule has 136 valence electrons. The van der Waals surface area contributed by atoms with Gasteiger partial charge in [0.1, 0.15) is 4.90 Å². The lowest BCUT2D eigenvalue weighted by Crippen LogP contribution is -2.12. The summed E-state index contributed by atoms with van der Waals surface area (Å²) in [7, 11) is -3.93. The van der Waals surface area contributed by atoms with Gasteiger partial charge in [-0.15, -0.1) is 0 Å². The molecule has 2 heterocycles. The number of hydrogen-bond donors (Lipinski definition) is 1. The first-order valence-electron chi connectivity index (χ1n) is 7.02. The fourth-order valence-corrected chi connectivity index (χ4v) is 3.11. The maximum atomic E-state index is 12.6. The van der Waals surface area contributed by atoms with Crippen LogP contribution < -0.4 is 4.72 Å². The lowest BCUT2D eigenvalue weighted by molar-refractivity contribution is -0.137. The first kappa shape index (κ1) is 18.2. The smallest absolute Gasteiger partial charge is 0.280 e. The zero-order valence-electron chi connectivity index (χ0n) is 12.8. The molecule has 0 amide bonds. The second-order valence-electron chi connectivity index (χ2n) is 5.14. The predicted molar refractivity (Wildman–Crippen MR) is 88.6 cm³/mol. The van der Waals surface area contributed by atoms with Crippen molar-refractivity contribution in [3.05, 3.63) is 65.6 Å². The molecule has 0 saturated heterocycles. The summed E-state index contributed by atoms with van der Waals surface area (Å²) in [5.74, 6) is 0.0472. The number of nitrogens with one attached hydrogen (secondary N) is 1. The van der Waals surface area contributed by atoms with Gasteiger partial charge in [-0.2, -0.15) is 18.3 Å². The molecule has 3 rings (SSSR count). The number of pyridine rings is 1. The van der Waals surface area contributed by atoms with Gasteiger partial charge in [-0.3, -0.25) is 4.72 Å². The predicted octanol–water partition coefficient (Wildman–Crippen LogP) is 3.74. The van der Waals surface area contributed by atoms with Crippen LogP contribution in [0.15, 0.2) is 59.9 Å². The molecule has 0 bridgehead atoms. The number of benzene rings is 1. The number of rotatable bonds is 4. The number of nitrogens with zero attached hydrogens (tertiary/aromatic N) is 3. The largest absolute Gasteiger partial charge is 0.417 e. The van der Waals surface area contributed by atoms with Gasteiger partial charge in [0.05, 0.1) is 18.0 Å². The first-order chi connectivity index (χ1) is 12.1. The van der Waals surface area contributed by atoms with Gasteiger partial charge in [-0.25, -0.2) is 18.1 Å². The summed E-state index contributed by atoms with van der Waals surface area (Å²) in [6.07, 6.45) is -1.64. The monoisotopic (exact) mass is 402 g/mol. The van der Waals surface area contributed by atoms with Crippen LogP contribution in [-0.4, -0.2) is 23.2 Å². The van der Waals surface area contributed by atoms with Crippen LogP contribution in [0.2, 0.25) is 5.02 Å². The van der Waals surface area contributed by atoms with Crippen molar-refractivity contribution < 1.29 is 21.6 Å². The minimum atomic E-state index is -4.51. The topological polar surface area (TPSA) is 76.9 Å². The van der Waals surface area contributed by atoms with E-state index in [1.165, 1.54) is 24.3 Å². The van der Waals surface area contributed by atoms with Crippen molar-refractivity contribution >= 4 is 27.3 Å². The molecule has 3 aromatic rings. The molecular formula is C15H10ClF3N4O2S. The molecule has 0 unspecified atom stereocenters. The Balaban J connectivity index is 1.83. The van der Waals surface area contributed by atoms with Crippen molar-refractivity contribution in [1.29, 1.82) is 0 Å². The van der Waals surface area contributed by atoms with Gasteiger partial charge >= 0.3 is 6.18 Å². The minimum Gasteiger partial charge on any atom is -0.280 e. The molecule has 0 radical (unpaired) electrons. The van der Waals surface area contributed by atoms with Crippen molar-refractivity contribution in [2.75, 3.05) is 4.72 Å². The van der Waals surface area contributed by atoms with Crippen LogP contribution in [-0.2, 0) is 16.2 Å². The number of sulfonamides is 1. The fraction of sp³-hybridized carbons (Fsp3) is 0.0667.